The lowest BCUT2D eigenvalue weighted by Crippen LogP contribution is -2.26. The molecule has 0 radical (unpaired) electrons. The Morgan fingerprint density at radius 2 is 1.96 bits per heavy atom. The number of aryl methyl sites for hydroxylation is 1. The van der Waals surface area contributed by atoms with Crippen LogP contribution in [0.2, 0.25) is 0 Å². The van der Waals surface area contributed by atoms with Crippen molar-refractivity contribution < 1.29 is 27.9 Å². The number of hydrogen-bond acceptors (Lipinski definition) is 4. The Kier molecular flexibility index (Phi) is 7.23. The van der Waals surface area contributed by atoms with Gasteiger partial charge in [0.05, 0.1) is 30.2 Å². The Bertz CT molecular complexity index is 818. The summed E-state index contributed by atoms with van der Waals surface area (Å²) in [7, 11) is 0. The maximum absolute atomic E-state index is 14.5. The van der Waals surface area contributed by atoms with Crippen LogP contribution in [0, 0.1) is 21.0 Å². The molecule has 3 N–H and O–H groups in total. The molecule has 9 heteroatoms. The fourth-order valence-corrected chi connectivity index (χ4v) is 2.63. The van der Waals surface area contributed by atoms with Crippen LogP contribution in [-0.2, 0) is 11.3 Å². The highest BCUT2D eigenvalue weighted by Crippen LogP contribution is 2.30. The standard InChI is InChI=1S/C17H16F3IN2O3/c1-2-9-7-11(17(25)23-26-6-5-24)16(15(20)14(9)19)22-13-4-3-10(21)8-12(13)18/h3-4,7-8,22,24H,2,5-6H2,1H3,(H,23,25). The minimum Gasteiger partial charge on any atom is -0.394 e. The summed E-state index contributed by atoms with van der Waals surface area (Å²) in [6, 6.07) is 5.31. The molecule has 0 spiro atoms. The van der Waals surface area contributed by atoms with Crippen LogP contribution in [0.5, 0.6) is 0 Å². The number of hydrogen-bond donors (Lipinski definition) is 3. The highest BCUT2D eigenvalue weighted by molar-refractivity contribution is 14.1. The number of rotatable bonds is 7. The molecule has 2 aromatic carbocycles. The fourth-order valence-electron chi connectivity index (χ4n) is 2.18. The van der Waals surface area contributed by atoms with Crippen LogP contribution in [0.15, 0.2) is 24.3 Å². The van der Waals surface area contributed by atoms with Crippen molar-refractivity contribution in [3.05, 3.63) is 56.4 Å². The van der Waals surface area contributed by atoms with E-state index in [2.05, 4.69) is 5.32 Å². The van der Waals surface area contributed by atoms with Gasteiger partial charge in [0.25, 0.3) is 5.91 Å². The molecule has 2 aromatic rings. The number of carbonyl (C=O) groups is 1. The molecule has 140 valence electrons. The van der Waals surface area contributed by atoms with Gasteiger partial charge in [0.15, 0.2) is 11.6 Å². The number of nitrogens with one attached hydrogen (secondary N) is 2. The van der Waals surface area contributed by atoms with E-state index in [1.54, 1.807) is 13.0 Å². The van der Waals surface area contributed by atoms with Crippen molar-refractivity contribution in [1.29, 1.82) is 0 Å². The van der Waals surface area contributed by atoms with Gasteiger partial charge in [-0.2, -0.15) is 0 Å². The van der Waals surface area contributed by atoms with Gasteiger partial charge < -0.3 is 10.4 Å². The summed E-state index contributed by atoms with van der Waals surface area (Å²) < 4.78 is 43.4. The predicted octanol–water partition coefficient (Wildman–Crippen LogP) is 3.67. The summed E-state index contributed by atoms with van der Waals surface area (Å²) in [5.41, 5.74) is 1.14. The van der Waals surface area contributed by atoms with Crippen molar-refractivity contribution in [1.82, 2.24) is 5.48 Å². The van der Waals surface area contributed by atoms with Gasteiger partial charge in [0.1, 0.15) is 5.82 Å². The van der Waals surface area contributed by atoms with Gasteiger partial charge in [-0.3, -0.25) is 9.63 Å². The van der Waals surface area contributed by atoms with E-state index < -0.39 is 29.0 Å². The summed E-state index contributed by atoms with van der Waals surface area (Å²) in [6.45, 7) is 1.09. The summed E-state index contributed by atoms with van der Waals surface area (Å²) in [5.74, 6) is -3.96. The van der Waals surface area contributed by atoms with Crippen LogP contribution in [0.25, 0.3) is 0 Å². The van der Waals surface area contributed by atoms with E-state index in [1.165, 1.54) is 18.2 Å². The van der Waals surface area contributed by atoms with Gasteiger partial charge in [0, 0.05) is 3.57 Å². The maximum Gasteiger partial charge on any atom is 0.277 e. The molecule has 0 aromatic heterocycles. The second-order valence-corrected chi connectivity index (χ2v) is 6.44. The van der Waals surface area contributed by atoms with Crippen molar-refractivity contribution in [2.45, 2.75) is 13.3 Å². The van der Waals surface area contributed by atoms with Crippen LogP contribution in [0.4, 0.5) is 24.5 Å². The quantitative estimate of drug-likeness (QED) is 0.322. The molecule has 0 aliphatic carbocycles. The van der Waals surface area contributed by atoms with E-state index in [1.807, 2.05) is 28.1 Å². The molecule has 0 aliphatic heterocycles. The number of carbonyl (C=O) groups excluding carboxylic acids is 1. The molecule has 0 aliphatic rings. The number of aliphatic hydroxyl groups excluding tert-OH is 1. The first-order chi connectivity index (χ1) is 12.4. The largest absolute Gasteiger partial charge is 0.394 e. The summed E-state index contributed by atoms with van der Waals surface area (Å²) in [5, 5.41) is 11.1. The van der Waals surface area contributed by atoms with Gasteiger partial charge >= 0.3 is 0 Å². The average Bonchev–Trinajstić information content (AvgIpc) is 2.61. The second-order valence-electron chi connectivity index (χ2n) is 5.19. The van der Waals surface area contributed by atoms with Gasteiger partial charge in [-0.25, -0.2) is 18.7 Å². The molecule has 26 heavy (non-hydrogen) atoms. The van der Waals surface area contributed by atoms with Crippen molar-refractivity contribution in [2.24, 2.45) is 0 Å². The van der Waals surface area contributed by atoms with Crippen molar-refractivity contribution >= 4 is 39.9 Å². The molecular weight excluding hydrogens is 464 g/mol. The highest BCUT2D eigenvalue weighted by atomic mass is 127. The third-order valence-electron chi connectivity index (χ3n) is 3.46. The van der Waals surface area contributed by atoms with E-state index in [9.17, 15) is 18.0 Å². The van der Waals surface area contributed by atoms with E-state index in [0.717, 1.165) is 0 Å². The Labute approximate surface area is 161 Å². The molecule has 0 saturated heterocycles. The van der Waals surface area contributed by atoms with Gasteiger partial charge in [0.2, 0.25) is 0 Å². The molecule has 0 atom stereocenters. The van der Waals surface area contributed by atoms with Crippen LogP contribution in [-0.4, -0.2) is 24.2 Å². The predicted molar refractivity (Wildman–Crippen MR) is 98.6 cm³/mol. The number of aliphatic hydroxyl groups is 1. The van der Waals surface area contributed by atoms with Crippen LogP contribution in [0.1, 0.15) is 22.8 Å². The third-order valence-corrected chi connectivity index (χ3v) is 4.13. The summed E-state index contributed by atoms with van der Waals surface area (Å²) >= 11 is 1.91. The number of halogens is 4. The van der Waals surface area contributed by atoms with Crippen LogP contribution >= 0.6 is 22.6 Å². The lowest BCUT2D eigenvalue weighted by molar-refractivity contribution is 0.0168. The zero-order chi connectivity index (χ0) is 19.3. The van der Waals surface area contributed by atoms with E-state index in [0.29, 0.717) is 3.57 Å². The number of anilines is 2. The Hall–Kier alpha value is -1.85. The first kappa shape index (κ1) is 20.5. The zero-order valence-electron chi connectivity index (χ0n) is 13.7. The van der Waals surface area contributed by atoms with Crippen LogP contribution < -0.4 is 10.8 Å². The SMILES string of the molecule is CCc1cc(C(=O)NOCCO)c(Nc2ccc(I)cc2F)c(F)c1F. The molecule has 0 fully saturated rings. The Morgan fingerprint density at radius 1 is 1.23 bits per heavy atom. The van der Waals surface area contributed by atoms with Crippen molar-refractivity contribution in [3.63, 3.8) is 0 Å². The molecule has 0 heterocycles. The normalized spacial score (nSPS) is 10.7. The van der Waals surface area contributed by atoms with E-state index >= 15 is 0 Å². The van der Waals surface area contributed by atoms with Gasteiger partial charge in [-0.1, -0.05) is 6.92 Å². The van der Waals surface area contributed by atoms with Crippen LogP contribution in [0.3, 0.4) is 0 Å². The van der Waals surface area contributed by atoms with E-state index in [-0.39, 0.29) is 36.4 Å². The Balaban J connectivity index is 2.47. The average molecular weight is 480 g/mol. The molecule has 0 bridgehead atoms. The first-order valence-electron chi connectivity index (χ1n) is 7.65. The third kappa shape index (κ3) is 4.65. The van der Waals surface area contributed by atoms with Crippen molar-refractivity contribution in [2.75, 3.05) is 18.5 Å². The summed E-state index contributed by atoms with van der Waals surface area (Å²) in [6.07, 6.45) is 0.151. The van der Waals surface area contributed by atoms with Gasteiger partial charge in [-0.05, 0) is 58.8 Å². The molecule has 5 nitrogen and oxygen atoms in total. The monoisotopic (exact) mass is 480 g/mol. The van der Waals surface area contributed by atoms with E-state index in [4.69, 9.17) is 9.94 Å². The molecule has 1 amide bonds. The fraction of sp³-hybridized carbons (Fsp3) is 0.235. The number of benzene rings is 2. The molecule has 0 unspecified atom stereocenters. The lowest BCUT2D eigenvalue weighted by Gasteiger charge is -2.16. The molecule has 0 saturated carbocycles. The van der Waals surface area contributed by atoms with Gasteiger partial charge in [-0.15, -0.1) is 0 Å². The topological polar surface area (TPSA) is 70.6 Å². The first-order valence-corrected chi connectivity index (χ1v) is 8.72. The summed E-state index contributed by atoms with van der Waals surface area (Å²) in [4.78, 5) is 17.0. The molecule has 2 rings (SSSR count). The van der Waals surface area contributed by atoms with Crippen molar-refractivity contribution in [3.8, 4) is 0 Å². The maximum atomic E-state index is 14.5. The molecular formula is C17H16F3IN2O3. The lowest BCUT2D eigenvalue weighted by atomic mass is 10.0. The number of hydroxylamine groups is 1. The number of amides is 1. The minimum absolute atomic E-state index is 0.0107. The zero-order valence-corrected chi connectivity index (χ0v) is 15.9. The highest BCUT2D eigenvalue weighted by Gasteiger charge is 2.23. The second kappa shape index (κ2) is 9.19. The minimum atomic E-state index is -1.30. The smallest absolute Gasteiger partial charge is 0.277 e. The Morgan fingerprint density at radius 3 is 2.58 bits per heavy atom.